The molecule has 1 amide bonds. The van der Waals surface area contributed by atoms with Crippen molar-refractivity contribution in [3.05, 3.63) is 53.3 Å². The van der Waals surface area contributed by atoms with Crippen molar-refractivity contribution in [1.82, 2.24) is 14.7 Å². The van der Waals surface area contributed by atoms with E-state index in [9.17, 15) is 9.90 Å². The van der Waals surface area contributed by atoms with Gasteiger partial charge in [0.1, 0.15) is 0 Å². The molecule has 1 N–H and O–H groups in total. The number of rotatable bonds is 7. The topological polar surface area (TPSA) is 58.4 Å². The van der Waals surface area contributed by atoms with Crippen LogP contribution in [0.1, 0.15) is 47.5 Å². The maximum Gasteiger partial charge on any atom is 0.257 e. The fourth-order valence-corrected chi connectivity index (χ4v) is 2.54. The Balaban J connectivity index is 1.95. The van der Waals surface area contributed by atoms with Crippen LogP contribution in [0, 0.1) is 6.92 Å². The lowest BCUT2D eigenvalue weighted by Gasteiger charge is -2.19. The van der Waals surface area contributed by atoms with E-state index in [1.54, 1.807) is 11.9 Å². The Bertz CT molecular complexity index is 637. The lowest BCUT2D eigenvalue weighted by molar-refractivity contribution is 0.0760. The number of carbonyl (C=O) groups is 1. The van der Waals surface area contributed by atoms with Crippen LogP contribution in [0.3, 0.4) is 0 Å². The Morgan fingerprint density at radius 3 is 2.70 bits per heavy atom. The summed E-state index contributed by atoms with van der Waals surface area (Å²) < 4.78 is 1.81. The van der Waals surface area contributed by atoms with Gasteiger partial charge in [-0.1, -0.05) is 37.3 Å². The summed E-state index contributed by atoms with van der Waals surface area (Å²) in [4.78, 5) is 14.2. The predicted molar refractivity (Wildman–Crippen MR) is 90.2 cm³/mol. The molecule has 0 saturated carbocycles. The van der Waals surface area contributed by atoms with Crippen LogP contribution in [0.2, 0.25) is 0 Å². The molecule has 5 nitrogen and oxygen atoms in total. The molecule has 1 unspecified atom stereocenters. The Morgan fingerprint density at radius 1 is 1.35 bits per heavy atom. The molecule has 0 saturated heterocycles. The molecule has 1 aromatic heterocycles. The van der Waals surface area contributed by atoms with Gasteiger partial charge in [0.05, 0.1) is 17.4 Å². The molecule has 0 spiro atoms. The van der Waals surface area contributed by atoms with Crippen LogP contribution in [0.25, 0.3) is 0 Å². The van der Waals surface area contributed by atoms with Crippen LogP contribution < -0.4 is 0 Å². The zero-order valence-corrected chi connectivity index (χ0v) is 14.1. The van der Waals surface area contributed by atoms with E-state index in [2.05, 4.69) is 12.0 Å². The van der Waals surface area contributed by atoms with Gasteiger partial charge in [0, 0.05) is 26.3 Å². The molecule has 0 bridgehead atoms. The van der Waals surface area contributed by atoms with Gasteiger partial charge in [-0.3, -0.25) is 9.48 Å². The van der Waals surface area contributed by atoms with Crippen molar-refractivity contribution in [2.45, 2.75) is 39.3 Å². The van der Waals surface area contributed by atoms with Gasteiger partial charge in [-0.15, -0.1) is 0 Å². The van der Waals surface area contributed by atoms with Crippen molar-refractivity contribution in [3.63, 3.8) is 0 Å². The van der Waals surface area contributed by atoms with Crippen molar-refractivity contribution in [3.8, 4) is 0 Å². The molecule has 0 radical (unpaired) electrons. The van der Waals surface area contributed by atoms with Gasteiger partial charge in [-0.05, 0) is 25.3 Å². The normalized spacial score (nSPS) is 12.2. The number of amides is 1. The molecule has 0 aliphatic heterocycles. The monoisotopic (exact) mass is 315 g/mol. The molecule has 2 rings (SSSR count). The van der Waals surface area contributed by atoms with Crippen LogP contribution in [0.4, 0.5) is 0 Å². The number of carbonyl (C=O) groups excluding carboxylic acids is 1. The van der Waals surface area contributed by atoms with E-state index < -0.39 is 6.10 Å². The second-order valence-electron chi connectivity index (χ2n) is 5.83. The minimum absolute atomic E-state index is 0.0508. The molecular formula is C18H25N3O2. The molecule has 1 heterocycles. The quantitative estimate of drug-likeness (QED) is 0.855. The van der Waals surface area contributed by atoms with Crippen molar-refractivity contribution in [1.29, 1.82) is 0 Å². The SMILES string of the molecule is CCCn1cc(C(=O)N(C)CCC(O)c2ccccc2)c(C)n1. The highest BCUT2D eigenvalue weighted by Gasteiger charge is 2.18. The van der Waals surface area contributed by atoms with Gasteiger partial charge in [0.2, 0.25) is 0 Å². The average Bonchev–Trinajstić information content (AvgIpc) is 2.93. The van der Waals surface area contributed by atoms with Crippen molar-refractivity contribution < 1.29 is 9.90 Å². The number of hydrogen-bond donors (Lipinski definition) is 1. The lowest BCUT2D eigenvalue weighted by atomic mass is 10.1. The average molecular weight is 315 g/mol. The molecular weight excluding hydrogens is 290 g/mol. The maximum absolute atomic E-state index is 12.5. The number of hydrogen-bond acceptors (Lipinski definition) is 3. The summed E-state index contributed by atoms with van der Waals surface area (Å²) in [5, 5.41) is 14.6. The van der Waals surface area contributed by atoms with E-state index in [-0.39, 0.29) is 5.91 Å². The molecule has 0 aliphatic carbocycles. The van der Waals surface area contributed by atoms with Gasteiger partial charge < -0.3 is 10.0 Å². The highest BCUT2D eigenvalue weighted by Crippen LogP contribution is 2.17. The summed E-state index contributed by atoms with van der Waals surface area (Å²) >= 11 is 0. The third-order valence-electron chi connectivity index (χ3n) is 3.90. The van der Waals surface area contributed by atoms with Crippen LogP contribution in [0.5, 0.6) is 0 Å². The van der Waals surface area contributed by atoms with E-state index in [4.69, 9.17) is 0 Å². The van der Waals surface area contributed by atoms with Crippen molar-refractivity contribution in [2.24, 2.45) is 0 Å². The van der Waals surface area contributed by atoms with Crippen LogP contribution in [-0.4, -0.2) is 39.3 Å². The Morgan fingerprint density at radius 2 is 2.04 bits per heavy atom. The molecule has 5 heteroatoms. The van der Waals surface area contributed by atoms with Crippen LogP contribution >= 0.6 is 0 Å². The number of aromatic nitrogens is 2. The van der Waals surface area contributed by atoms with Crippen molar-refractivity contribution >= 4 is 5.91 Å². The van der Waals surface area contributed by atoms with Crippen LogP contribution in [-0.2, 0) is 6.54 Å². The zero-order valence-electron chi connectivity index (χ0n) is 14.1. The minimum atomic E-state index is -0.560. The number of aliphatic hydroxyl groups is 1. The Kier molecular flexibility index (Phi) is 5.93. The van der Waals surface area contributed by atoms with Gasteiger partial charge in [-0.2, -0.15) is 5.10 Å². The standard InChI is InChI=1S/C18H25N3O2/c1-4-11-21-13-16(14(2)19-21)18(23)20(3)12-10-17(22)15-8-6-5-7-9-15/h5-9,13,17,22H,4,10-12H2,1-3H3. The van der Waals surface area contributed by atoms with Gasteiger partial charge in [0.15, 0.2) is 0 Å². The molecule has 23 heavy (non-hydrogen) atoms. The first-order valence-corrected chi connectivity index (χ1v) is 8.05. The van der Waals surface area contributed by atoms with Gasteiger partial charge in [-0.25, -0.2) is 0 Å². The third kappa shape index (κ3) is 4.42. The molecule has 0 aliphatic rings. The summed E-state index contributed by atoms with van der Waals surface area (Å²) in [5.41, 5.74) is 2.26. The number of aryl methyl sites for hydroxylation is 2. The first kappa shape index (κ1) is 17.2. The Labute approximate surface area is 137 Å². The smallest absolute Gasteiger partial charge is 0.257 e. The first-order valence-electron chi connectivity index (χ1n) is 8.05. The summed E-state index contributed by atoms with van der Waals surface area (Å²) in [6, 6.07) is 9.51. The largest absolute Gasteiger partial charge is 0.388 e. The molecule has 1 aromatic carbocycles. The van der Waals surface area contributed by atoms with Crippen molar-refractivity contribution in [2.75, 3.05) is 13.6 Å². The number of aliphatic hydroxyl groups excluding tert-OH is 1. The second-order valence-corrected chi connectivity index (χ2v) is 5.83. The zero-order chi connectivity index (χ0) is 16.8. The summed E-state index contributed by atoms with van der Waals surface area (Å²) in [7, 11) is 1.76. The molecule has 0 fully saturated rings. The summed E-state index contributed by atoms with van der Waals surface area (Å²) in [6.45, 7) is 5.24. The van der Waals surface area contributed by atoms with E-state index in [1.807, 2.05) is 48.1 Å². The third-order valence-corrected chi connectivity index (χ3v) is 3.90. The highest BCUT2D eigenvalue weighted by atomic mass is 16.3. The van der Waals surface area contributed by atoms with E-state index in [1.165, 1.54) is 0 Å². The predicted octanol–water partition coefficient (Wildman–Crippen LogP) is 2.80. The van der Waals surface area contributed by atoms with Gasteiger partial charge >= 0.3 is 0 Å². The number of nitrogens with zero attached hydrogens (tertiary/aromatic N) is 3. The fraction of sp³-hybridized carbons (Fsp3) is 0.444. The van der Waals surface area contributed by atoms with E-state index in [0.29, 0.717) is 18.5 Å². The first-order chi connectivity index (χ1) is 11.0. The number of benzene rings is 1. The minimum Gasteiger partial charge on any atom is -0.388 e. The molecule has 2 aromatic rings. The Hall–Kier alpha value is -2.14. The lowest BCUT2D eigenvalue weighted by Crippen LogP contribution is -2.29. The fourth-order valence-electron chi connectivity index (χ4n) is 2.54. The van der Waals surface area contributed by atoms with E-state index in [0.717, 1.165) is 24.2 Å². The maximum atomic E-state index is 12.5. The summed E-state index contributed by atoms with van der Waals surface area (Å²) in [5.74, 6) is -0.0508. The summed E-state index contributed by atoms with van der Waals surface area (Å²) in [6.07, 6.45) is 2.74. The van der Waals surface area contributed by atoms with Crippen LogP contribution in [0.15, 0.2) is 36.5 Å². The van der Waals surface area contributed by atoms with Gasteiger partial charge in [0.25, 0.3) is 5.91 Å². The molecule has 1 atom stereocenters. The molecule has 124 valence electrons. The second kappa shape index (κ2) is 7.92. The highest BCUT2D eigenvalue weighted by molar-refractivity contribution is 5.94. The van der Waals surface area contributed by atoms with E-state index >= 15 is 0 Å².